The van der Waals surface area contributed by atoms with Gasteiger partial charge in [-0.15, -0.1) is 12.4 Å². The van der Waals surface area contributed by atoms with Crippen molar-refractivity contribution < 1.29 is 9.53 Å². The summed E-state index contributed by atoms with van der Waals surface area (Å²) in [7, 11) is 0. The molecule has 3 N–H and O–H groups in total. The molecule has 21 heavy (non-hydrogen) atoms. The normalized spacial score (nSPS) is 15.3. The number of hydrogen-bond acceptors (Lipinski definition) is 4. The Balaban J connectivity index is 0.00000220. The lowest BCUT2D eigenvalue weighted by atomic mass is 9.96. The van der Waals surface area contributed by atoms with Crippen molar-refractivity contribution in [2.24, 2.45) is 0 Å². The highest BCUT2D eigenvalue weighted by molar-refractivity contribution is 6.33. The molecule has 0 unspecified atom stereocenters. The third-order valence-corrected chi connectivity index (χ3v) is 3.90. The van der Waals surface area contributed by atoms with Crippen molar-refractivity contribution in [1.29, 1.82) is 0 Å². The summed E-state index contributed by atoms with van der Waals surface area (Å²) in [5, 5.41) is 3.75. The number of hydrogen-bond donors (Lipinski definition) is 2. The predicted molar refractivity (Wildman–Crippen MR) is 88.3 cm³/mol. The molecule has 1 aliphatic carbocycles. The van der Waals surface area contributed by atoms with Crippen LogP contribution in [-0.2, 0) is 4.74 Å². The minimum absolute atomic E-state index is 0. The summed E-state index contributed by atoms with van der Waals surface area (Å²) in [6.07, 6.45) is 6.36. The van der Waals surface area contributed by atoms with Gasteiger partial charge < -0.3 is 15.8 Å². The van der Waals surface area contributed by atoms with Gasteiger partial charge in [-0.1, -0.05) is 30.9 Å². The average molecular weight is 333 g/mol. The van der Waals surface area contributed by atoms with Crippen LogP contribution in [0.3, 0.4) is 0 Å². The molecule has 1 fully saturated rings. The Morgan fingerprint density at radius 3 is 2.71 bits per heavy atom. The van der Waals surface area contributed by atoms with Gasteiger partial charge in [0.05, 0.1) is 10.6 Å². The Morgan fingerprint density at radius 2 is 2.05 bits per heavy atom. The Morgan fingerprint density at radius 1 is 1.33 bits per heavy atom. The monoisotopic (exact) mass is 332 g/mol. The third-order valence-electron chi connectivity index (χ3n) is 3.59. The second-order valence-corrected chi connectivity index (χ2v) is 5.57. The van der Waals surface area contributed by atoms with E-state index in [4.69, 9.17) is 22.1 Å². The van der Waals surface area contributed by atoms with Gasteiger partial charge in [-0.2, -0.15) is 0 Å². The molecule has 0 saturated heterocycles. The maximum absolute atomic E-state index is 11.9. The molecule has 1 aliphatic rings. The first-order valence-electron chi connectivity index (χ1n) is 7.12. The van der Waals surface area contributed by atoms with Crippen LogP contribution in [0.25, 0.3) is 0 Å². The van der Waals surface area contributed by atoms with Crippen molar-refractivity contribution in [2.75, 3.05) is 18.9 Å². The first-order chi connectivity index (χ1) is 9.66. The molecule has 118 valence electrons. The molecule has 1 aromatic carbocycles. The van der Waals surface area contributed by atoms with Crippen LogP contribution >= 0.6 is 24.0 Å². The molecule has 2 rings (SSSR count). The molecule has 0 amide bonds. The summed E-state index contributed by atoms with van der Waals surface area (Å²) in [4.78, 5) is 11.9. The summed E-state index contributed by atoms with van der Waals surface area (Å²) < 4.78 is 5.21. The summed E-state index contributed by atoms with van der Waals surface area (Å²) >= 11 is 5.96. The average Bonchev–Trinajstić information content (AvgIpc) is 2.44. The van der Waals surface area contributed by atoms with Crippen LogP contribution in [0.5, 0.6) is 0 Å². The number of ether oxygens (including phenoxy) is 1. The van der Waals surface area contributed by atoms with Crippen molar-refractivity contribution in [1.82, 2.24) is 5.32 Å². The number of carbonyl (C=O) groups is 1. The molecule has 0 spiro atoms. The van der Waals surface area contributed by atoms with Crippen LogP contribution in [-0.4, -0.2) is 25.2 Å². The maximum Gasteiger partial charge on any atom is 0.339 e. The molecular formula is C15H22Cl2N2O2. The largest absolute Gasteiger partial charge is 0.461 e. The lowest BCUT2D eigenvalue weighted by molar-refractivity contribution is 0.0504. The molecule has 0 aliphatic heterocycles. The van der Waals surface area contributed by atoms with E-state index in [9.17, 15) is 4.79 Å². The van der Waals surface area contributed by atoms with Crippen LogP contribution in [0, 0.1) is 0 Å². The number of nitrogen functional groups attached to an aromatic ring is 1. The number of benzene rings is 1. The molecule has 4 nitrogen and oxygen atoms in total. The smallest absolute Gasteiger partial charge is 0.339 e. The number of nitrogens with two attached hydrogens (primary N) is 1. The van der Waals surface area contributed by atoms with Gasteiger partial charge in [0.15, 0.2) is 0 Å². The quantitative estimate of drug-likeness (QED) is 0.492. The molecule has 0 atom stereocenters. The lowest BCUT2D eigenvalue weighted by Crippen LogP contribution is -2.33. The van der Waals surface area contributed by atoms with Gasteiger partial charge in [0, 0.05) is 18.3 Å². The number of anilines is 1. The van der Waals surface area contributed by atoms with Crippen LogP contribution in [0.15, 0.2) is 18.2 Å². The highest BCUT2D eigenvalue weighted by atomic mass is 35.5. The van der Waals surface area contributed by atoms with Crippen molar-refractivity contribution >= 4 is 35.7 Å². The van der Waals surface area contributed by atoms with Crippen LogP contribution in [0.4, 0.5) is 5.69 Å². The highest BCUT2D eigenvalue weighted by Crippen LogP contribution is 2.20. The Hall–Kier alpha value is -0.970. The van der Waals surface area contributed by atoms with Gasteiger partial charge in [-0.3, -0.25) is 0 Å². The van der Waals surface area contributed by atoms with Crippen LogP contribution < -0.4 is 11.1 Å². The number of carbonyl (C=O) groups excluding carboxylic acids is 1. The van der Waals surface area contributed by atoms with E-state index in [-0.39, 0.29) is 12.4 Å². The van der Waals surface area contributed by atoms with Gasteiger partial charge in [-0.25, -0.2) is 4.79 Å². The van der Waals surface area contributed by atoms with Gasteiger partial charge in [0.2, 0.25) is 0 Å². The molecule has 0 radical (unpaired) electrons. The number of nitrogens with one attached hydrogen (secondary N) is 1. The maximum atomic E-state index is 11.9. The predicted octanol–water partition coefficient (Wildman–Crippen LogP) is 3.42. The number of halogens is 2. The molecule has 6 heteroatoms. The van der Waals surface area contributed by atoms with E-state index < -0.39 is 5.97 Å². The Labute approximate surface area is 136 Å². The molecule has 0 bridgehead atoms. The summed E-state index contributed by atoms with van der Waals surface area (Å²) in [5.74, 6) is -0.402. The van der Waals surface area contributed by atoms with E-state index in [1.165, 1.54) is 32.1 Å². The SMILES string of the molecule is Cl.Nc1ccc(C(=O)OCCNC2CCCCC2)c(Cl)c1. The van der Waals surface area contributed by atoms with Gasteiger partial charge in [-0.05, 0) is 31.0 Å². The molecule has 0 heterocycles. The molecule has 1 aromatic rings. The first-order valence-corrected chi connectivity index (χ1v) is 7.50. The third kappa shape index (κ3) is 5.73. The topological polar surface area (TPSA) is 64.4 Å². The van der Waals surface area contributed by atoms with E-state index >= 15 is 0 Å². The van der Waals surface area contributed by atoms with E-state index in [0.29, 0.717) is 35.5 Å². The summed E-state index contributed by atoms with van der Waals surface area (Å²) in [6.45, 7) is 1.04. The summed E-state index contributed by atoms with van der Waals surface area (Å²) in [5.41, 5.74) is 6.48. The number of rotatable bonds is 5. The Bertz CT molecular complexity index is 463. The van der Waals surface area contributed by atoms with Crippen LogP contribution in [0.2, 0.25) is 5.02 Å². The standard InChI is InChI=1S/C15H21ClN2O2.ClH/c16-14-10-11(17)6-7-13(14)15(19)20-9-8-18-12-4-2-1-3-5-12;/h6-7,10,12,18H,1-5,8-9,17H2;1H. The fraction of sp³-hybridized carbons (Fsp3) is 0.533. The lowest BCUT2D eigenvalue weighted by Gasteiger charge is -2.22. The fourth-order valence-electron chi connectivity index (χ4n) is 2.49. The minimum Gasteiger partial charge on any atom is -0.461 e. The zero-order chi connectivity index (χ0) is 14.4. The van der Waals surface area contributed by atoms with Crippen molar-refractivity contribution in [3.63, 3.8) is 0 Å². The minimum atomic E-state index is -0.402. The van der Waals surface area contributed by atoms with E-state index in [2.05, 4.69) is 5.32 Å². The van der Waals surface area contributed by atoms with E-state index in [1.807, 2.05) is 0 Å². The fourth-order valence-corrected chi connectivity index (χ4v) is 2.75. The zero-order valence-electron chi connectivity index (χ0n) is 11.9. The van der Waals surface area contributed by atoms with E-state index in [0.717, 1.165) is 0 Å². The van der Waals surface area contributed by atoms with Crippen molar-refractivity contribution in [2.45, 2.75) is 38.1 Å². The zero-order valence-corrected chi connectivity index (χ0v) is 13.5. The molecular weight excluding hydrogens is 311 g/mol. The summed E-state index contributed by atoms with van der Waals surface area (Å²) in [6, 6.07) is 5.36. The Kier molecular flexibility index (Phi) is 7.86. The first kappa shape index (κ1) is 18.1. The van der Waals surface area contributed by atoms with Gasteiger partial charge in [0.1, 0.15) is 6.61 Å². The van der Waals surface area contributed by atoms with Crippen molar-refractivity contribution in [3.8, 4) is 0 Å². The molecule has 1 saturated carbocycles. The second kappa shape index (κ2) is 9.13. The highest BCUT2D eigenvalue weighted by Gasteiger charge is 2.14. The van der Waals surface area contributed by atoms with Gasteiger partial charge >= 0.3 is 5.97 Å². The van der Waals surface area contributed by atoms with E-state index in [1.54, 1.807) is 18.2 Å². The molecule has 0 aromatic heterocycles. The van der Waals surface area contributed by atoms with Crippen LogP contribution in [0.1, 0.15) is 42.5 Å². The number of esters is 1. The second-order valence-electron chi connectivity index (χ2n) is 5.16. The van der Waals surface area contributed by atoms with Crippen molar-refractivity contribution in [3.05, 3.63) is 28.8 Å². The van der Waals surface area contributed by atoms with Gasteiger partial charge in [0.25, 0.3) is 0 Å².